The number of rotatable bonds is 4. The lowest BCUT2D eigenvalue weighted by Gasteiger charge is -2.26. The maximum Gasteiger partial charge on any atom is 0.221 e. The molecule has 0 spiro atoms. The predicted octanol–water partition coefficient (Wildman–Crippen LogP) is 2.90. The second-order valence-electron chi connectivity index (χ2n) is 5.64. The number of amides is 1. The Hall–Kier alpha value is -1.11. The van der Waals surface area contributed by atoms with Gasteiger partial charge in [0.15, 0.2) is 0 Å². The molecule has 1 rings (SSSR count). The predicted molar refractivity (Wildman–Crippen MR) is 80.1 cm³/mol. The molecule has 0 aliphatic heterocycles. The summed E-state index contributed by atoms with van der Waals surface area (Å²) in [6.45, 7) is 8.73. The summed E-state index contributed by atoms with van der Waals surface area (Å²) in [6, 6.07) is 4.29. The molecule has 0 radical (unpaired) electrons. The third-order valence-electron chi connectivity index (χ3n) is 2.64. The van der Waals surface area contributed by atoms with Crippen LogP contribution in [0.1, 0.15) is 46.2 Å². The number of anilines is 1. The van der Waals surface area contributed by atoms with Gasteiger partial charge in [0.25, 0.3) is 0 Å². The molecule has 0 fully saturated rings. The van der Waals surface area contributed by atoms with Crippen molar-refractivity contribution in [2.24, 2.45) is 0 Å². The highest BCUT2D eigenvalue weighted by Crippen LogP contribution is 2.23. The molecule has 1 aromatic rings. The summed E-state index contributed by atoms with van der Waals surface area (Å²) in [5, 5.41) is 2.41. The van der Waals surface area contributed by atoms with Gasteiger partial charge in [-0.1, -0.05) is 6.07 Å². The fraction of sp³-hybridized carbons (Fsp3) is 0.500. The van der Waals surface area contributed by atoms with E-state index in [1.807, 2.05) is 27.7 Å². The molecule has 0 bridgehead atoms. The van der Waals surface area contributed by atoms with Crippen LogP contribution >= 0.6 is 0 Å². The standard InChI is InChI=1S/C14H21FN2O2S/c1-9(17-20(19)14(3,4)5)11-6-7-13(12(15)8-11)16-10(2)18/h6-9,17H,1-5H3,(H,16,18)/t9-,20?/m0/s1. The van der Waals surface area contributed by atoms with Gasteiger partial charge >= 0.3 is 0 Å². The number of hydrogen-bond donors (Lipinski definition) is 2. The summed E-state index contributed by atoms with van der Waals surface area (Å²) in [6.07, 6.45) is 0. The average molecular weight is 300 g/mol. The van der Waals surface area contributed by atoms with Crippen LogP contribution < -0.4 is 10.0 Å². The highest BCUT2D eigenvalue weighted by Gasteiger charge is 2.28. The van der Waals surface area contributed by atoms with E-state index in [9.17, 15) is 13.7 Å². The van der Waals surface area contributed by atoms with Crippen molar-refractivity contribution in [2.75, 3.05) is 5.32 Å². The van der Waals surface area contributed by atoms with Crippen molar-refractivity contribution in [3.8, 4) is 0 Å². The van der Waals surface area contributed by atoms with Gasteiger partial charge in [-0.3, -0.25) is 4.79 Å². The molecule has 0 aromatic heterocycles. The van der Waals surface area contributed by atoms with Gasteiger partial charge in [-0.2, -0.15) is 0 Å². The highest BCUT2D eigenvalue weighted by atomic mass is 32.2. The van der Waals surface area contributed by atoms with Crippen LogP contribution in [0, 0.1) is 5.82 Å². The van der Waals surface area contributed by atoms with E-state index in [1.54, 1.807) is 6.07 Å². The van der Waals surface area contributed by atoms with E-state index in [-0.39, 0.29) is 22.4 Å². The van der Waals surface area contributed by atoms with Gasteiger partial charge in [-0.15, -0.1) is 4.72 Å². The van der Waals surface area contributed by atoms with Crippen molar-refractivity contribution >= 4 is 23.0 Å². The monoisotopic (exact) mass is 300 g/mol. The van der Waals surface area contributed by atoms with Crippen LogP contribution in [0.3, 0.4) is 0 Å². The molecule has 0 saturated carbocycles. The van der Waals surface area contributed by atoms with Gasteiger partial charge in [0.1, 0.15) is 10.6 Å². The number of carbonyl (C=O) groups is 1. The minimum Gasteiger partial charge on any atom is -0.598 e. The molecule has 1 unspecified atom stereocenters. The topological polar surface area (TPSA) is 64.2 Å². The summed E-state index contributed by atoms with van der Waals surface area (Å²) in [7, 11) is 0. The van der Waals surface area contributed by atoms with Crippen LogP contribution in [0.5, 0.6) is 0 Å². The van der Waals surface area contributed by atoms with Gasteiger partial charge < -0.3 is 9.87 Å². The van der Waals surface area contributed by atoms with Crippen molar-refractivity contribution < 1.29 is 13.7 Å². The Balaban J connectivity index is 2.82. The largest absolute Gasteiger partial charge is 0.598 e. The first-order valence-electron chi connectivity index (χ1n) is 6.36. The average Bonchev–Trinajstić information content (AvgIpc) is 2.29. The molecule has 0 aliphatic carbocycles. The van der Waals surface area contributed by atoms with E-state index in [2.05, 4.69) is 10.0 Å². The zero-order valence-corrected chi connectivity index (χ0v) is 13.2. The molecule has 0 aliphatic rings. The second-order valence-corrected chi connectivity index (χ2v) is 7.64. The fourth-order valence-corrected chi connectivity index (χ4v) is 2.31. The lowest BCUT2D eigenvalue weighted by Crippen LogP contribution is -2.40. The second kappa shape index (κ2) is 6.56. The van der Waals surface area contributed by atoms with E-state index in [4.69, 9.17) is 0 Å². The Labute approximate surface area is 122 Å². The molecule has 20 heavy (non-hydrogen) atoms. The van der Waals surface area contributed by atoms with Gasteiger partial charge in [0, 0.05) is 18.3 Å². The molecule has 112 valence electrons. The van der Waals surface area contributed by atoms with Gasteiger partial charge in [-0.25, -0.2) is 4.39 Å². The van der Waals surface area contributed by atoms with Crippen molar-refractivity contribution in [2.45, 2.75) is 45.4 Å². The Kier molecular flexibility index (Phi) is 5.56. The van der Waals surface area contributed by atoms with Gasteiger partial charge in [-0.05, 0) is 45.4 Å². The van der Waals surface area contributed by atoms with E-state index in [0.717, 1.165) is 0 Å². The molecule has 1 amide bonds. The first kappa shape index (κ1) is 16.9. The van der Waals surface area contributed by atoms with Gasteiger partial charge in [0.05, 0.1) is 11.7 Å². The van der Waals surface area contributed by atoms with E-state index < -0.39 is 17.2 Å². The fourth-order valence-electron chi connectivity index (χ4n) is 1.50. The van der Waals surface area contributed by atoms with Crippen LogP contribution in [0.15, 0.2) is 18.2 Å². The SMILES string of the molecule is CC(=O)Nc1ccc([C@H](C)N[S+]([O-])C(C)(C)C)cc1F. The number of nitrogens with one attached hydrogen (secondary N) is 2. The third kappa shape index (κ3) is 4.77. The van der Waals surface area contributed by atoms with Crippen molar-refractivity contribution in [3.63, 3.8) is 0 Å². The first-order chi connectivity index (χ1) is 9.11. The Morgan fingerprint density at radius 2 is 2.00 bits per heavy atom. The summed E-state index contributed by atoms with van der Waals surface area (Å²) in [4.78, 5) is 10.9. The maximum absolute atomic E-state index is 13.8. The minimum atomic E-state index is -1.23. The number of benzene rings is 1. The van der Waals surface area contributed by atoms with E-state index in [1.165, 1.54) is 19.1 Å². The molecular formula is C14H21FN2O2S. The minimum absolute atomic E-state index is 0.144. The molecule has 2 N–H and O–H groups in total. The molecule has 0 saturated heterocycles. The lowest BCUT2D eigenvalue weighted by molar-refractivity contribution is -0.114. The summed E-state index contributed by atoms with van der Waals surface area (Å²) in [5.41, 5.74) is 0.819. The summed E-state index contributed by atoms with van der Waals surface area (Å²) >= 11 is -1.23. The zero-order chi connectivity index (χ0) is 15.5. The van der Waals surface area contributed by atoms with E-state index >= 15 is 0 Å². The van der Waals surface area contributed by atoms with Crippen molar-refractivity contribution in [1.29, 1.82) is 0 Å². The smallest absolute Gasteiger partial charge is 0.221 e. The molecule has 1 aromatic carbocycles. The highest BCUT2D eigenvalue weighted by molar-refractivity contribution is 7.90. The normalized spacial score (nSPS) is 14.8. The molecule has 0 heterocycles. The molecule has 6 heteroatoms. The third-order valence-corrected chi connectivity index (χ3v) is 4.32. The van der Waals surface area contributed by atoms with Crippen LogP contribution in [0.4, 0.5) is 10.1 Å². The van der Waals surface area contributed by atoms with Crippen LogP contribution in [-0.4, -0.2) is 15.2 Å². The number of halogens is 1. The quantitative estimate of drug-likeness (QED) is 0.840. The molecule has 2 atom stereocenters. The lowest BCUT2D eigenvalue weighted by atomic mass is 10.1. The van der Waals surface area contributed by atoms with Crippen LogP contribution in [-0.2, 0) is 16.2 Å². The maximum atomic E-state index is 13.8. The number of carbonyl (C=O) groups excluding carboxylic acids is 1. The number of hydrogen-bond acceptors (Lipinski definition) is 3. The first-order valence-corrected chi connectivity index (χ1v) is 7.51. The molecular weight excluding hydrogens is 279 g/mol. The van der Waals surface area contributed by atoms with Crippen molar-refractivity contribution in [1.82, 2.24) is 4.72 Å². The van der Waals surface area contributed by atoms with Crippen LogP contribution in [0.25, 0.3) is 0 Å². The van der Waals surface area contributed by atoms with Crippen molar-refractivity contribution in [3.05, 3.63) is 29.6 Å². The summed E-state index contributed by atoms with van der Waals surface area (Å²) in [5.74, 6) is -0.829. The molecule has 4 nitrogen and oxygen atoms in total. The van der Waals surface area contributed by atoms with E-state index in [0.29, 0.717) is 5.56 Å². The zero-order valence-electron chi connectivity index (χ0n) is 12.4. The summed E-state index contributed by atoms with van der Waals surface area (Å²) < 4.78 is 28.4. The van der Waals surface area contributed by atoms with Crippen LogP contribution in [0.2, 0.25) is 0 Å². The Morgan fingerprint density at radius 3 is 2.45 bits per heavy atom. The Morgan fingerprint density at radius 1 is 1.40 bits per heavy atom. The Bertz CT molecular complexity index is 489. The van der Waals surface area contributed by atoms with Gasteiger partial charge in [0.2, 0.25) is 5.91 Å².